The van der Waals surface area contributed by atoms with Gasteiger partial charge in [-0.05, 0) is 17.7 Å². The van der Waals surface area contributed by atoms with E-state index in [2.05, 4.69) is 15.5 Å². The maximum absolute atomic E-state index is 12.6. The molecule has 1 N–H and O–H groups in total. The third-order valence-electron chi connectivity index (χ3n) is 5.02. The highest BCUT2D eigenvalue weighted by Gasteiger charge is 2.29. The number of nitrogens with zero attached hydrogens (tertiary/aromatic N) is 5. The Morgan fingerprint density at radius 1 is 1.16 bits per heavy atom. The molecule has 0 aliphatic carbocycles. The molecule has 1 fully saturated rings. The Hall–Kier alpha value is -2.19. The Morgan fingerprint density at radius 2 is 1.81 bits per heavy atom. The second-order valence-corrected chi connectivity index (χ2v) is 9.40. The lowest BCUT2D eigenvalue weighted by Crippen LogP contribution is -2.53. The lowest BCUT2D eigenvalue weighted by molar-refractivity contribution is 0.0827. The van der Waals surface area contributed by atoms with E-state index in [0.717, 1.165) is 5.56 Å². The van der Waals surface area contributed by atoms with Crippen molar-refractivity contribution in [1.82, 2.24) is 24.6 Å². The minimum Gasteiger partial charge on any atom is -0.364 e. The SMILES string of the molecule is CN=C(NCc1ccc(C(=O)N(C)C)cc1)N1CCN(S(=O)(=O)Cc2ccon2)CC1.I. The summed E-state index contributed by atoms with van der Waals surface area (Å²) in [5, 5.41) is 6.99. The van der Waals surface area contributed by atoms with Gasteiger partial charge >= 0.3 is 0 Å². The van der Waals surface area contributed by atoms with Crippen LogP contribution in [0, 0.1) is 0 Å². The van der Waals surface area contributed by atoms with E-state index in [1.54, 1.807) is 44.2 Å². The summed E-state index contributed by atoms with van der Waals surface area (Å²) < 4.78 is 31.4. The molecule has 1 aromatic carbocycles. The highest BCUT2D eigenvalue weighted by atomic mass is 127. The summed E-state index contributed by atoms with van der Waals surface area (Å²) in [5.74, 6) is 0.511. The summed E-state index contributed by atoms with van der Waals surface area (Å²) in [7, 11) is 1.71. The number of carbonyl (C=O) groups is 1. The highest BCUT2D eigenvalue weighted by Crippen LogP contribution is 2.13. The summed E-state index contributed by atoms with van der Waals surface area (Å²) in [6.07, 6.45) is 1.37. The summed E-state index contributed by atoms with van der Waals surface area (Å²) in [6.45, 7) is 2.38. The van der Waals surface area contributed by atoms with E-state index in [9.17, 15) is 13.2 Å². The van der Waals surface area contributed by atoms with Gasteiger partial charge in [0.2, 0.25) is 10.0 Å². The fraction of sp³-hybridized carbons (Fsp3) is 0.450. The zero-order valence-electron chi connectivity index (χ0n) is 18.4. The standard InChI is InChI=1S/C20H28N6O4S.HI/c1-21-20(22-14-16-4-6-17(7-5-16)19(27)24(2)3)25-9-11-26(12-10-25)31(28,29)15-18-8-13-30-23-18;/h4-8,13H,9-12,14-15H2,1-3H3,(H,21,22);1H. The normalized spacial score (nSPS) is 15.2. The summed E-state index contributed by atoms with van der Waals surface area (Å²) in [5.41, 5.74) is 2.06. The van der Waals surface area contributed by atoms with Gasteiger partial charge in [-0.3, -0.25) is 9.79 Å². The lowest BCUT2D eigenvalue weighted by Gasteiger charge is -2.35. The molecule has 1 saturated heterocycles. The molecule has 2 heterocycles. The number of amides is 1. The number of piperazine rings is 1. The van der Waals surface area contributed by atoms with Gasteiger partial charge in [0.15, 0.2) is 5.96 Å². The fourth-order valence-electron chi connectivity index (χ4n) is 3.31. The van der Waals surface area contributed by atoms with Crippen LogP contribution in [0.5, 0.6) is 0 Å². The maximum Gasteiger partial charge on any atom is 0.253 e. The minimum atomic E-state index is -3.44. The molecule has 0 bridgehead atoms. The number of guanidine groups is 1. The fourth-order valence-corrected chi connectivity index (χ4v) is 4.73. The monoisotopic (exact) mass is 576 g/mol. The molecule has 0 atom stereocenters. The first-order chi connectivity index (χ1) is 14.8. The molecule has 10 nitrogen and oxygen atoms in total. The largest absolute Gasteiger partial charge is 0.364 e. The molecule has 1 amide bonds. The lowest BCUT2D eigenvalue weighted by atomic mass is 10.1. The number of sulfonamides is 1. The van der Waals surface area contributed by atoms with Crippen molar-refractivity contribution in [2.75, 3.05) is 47.3 Å². The first-order valence-electron chi connectivity index (χ1n) is 9.93. The summed E-state index contributed by atoms with van der Waals surface area (Å²) in [4.78, 5) is 19.9. The summed E-state index contributed by atoms with van der Waals surface area (Å²) in [6, 6.07) is 8.99. The van der Waals surface area contributed by atoms with E-state index >= 15 is 0 Å². The van der Waals surface area contributed by atoms with Crippen LogP contribution in [0.15, 0.2) is 46.1 Å². The average Bonchev–Trinajstić information content (AvgIpc) is 3.26. The van der Waals surface area contributed by atoms with Crippen molar-refractivity contribution in [3.63, 3.8) is 0 Å². The topological polar surface area (TPSA) is 111 Å². The van der Waals surface area contributed by atoms with Crippen molar-refractivity contribution < 1.29 is 17.7 Å². The molecule has 32 heavy (non-hydrogen) atoms. The van der Waals surface area contributed by atoms with Gasteiger partial charge in [-0.1, -0.05) is 17.3 Å². The van der Waals surface area contributed by atoms with E-state index < -0.39 is 10.0 Å². The number of halogens is 1. The van der Waals surface area contributed by atoms with Crippen LogP contribution in [0.4, 0.5) is 0 Å². The van der Waals surface area contributed by atoms with Crippen LogP contribution in [-0.2, 0) is 22.3 Å². The second-order valence-electron chi connectivity index (χ2n) is 7.43. The number of benzene rings is 1. The molecule has 0 saturated carbocycles. The third-order valence-corrected chi connectivity index (χ3v) is 6.84. The van der Waals surface area contributed by atoms with Gasteiger partial charge in [0.25, 0.3) is 5.91 Å². The van der Waals surface area contributed by atoms with Gasteiger partial charge in [-0.25, -0.2) is 8.42 Å². The Bertz CT molecular complexity index is 1000. The van der Waals surface area contributed by atoms with Crippen LogP contribution >= 0.6 is 24.0 Å². The zero-order chi connectivity index (χ0) is 22.4. The van der Waals surface area contributed by atoms with Gasteiger partial charge in [-0.2, -0.15) is 4.31 Å². The van der Waals surface area contributed by atoms with Crippen LogP contribution in [0.3, 0.4) is 0 Å². The average molecular weight is 576 g/mol. The molecule has 1 aliphatic heterocycles. The van der Waals surface area contributed by atoms with Crippen molar-refractivity contribution in [1.29, 1.82) is 0 Å². The molecular weight excluding hydrogens is 547 g/mol. The van der Waals surface area contributed by atoms with Crippen LogP contribution in [-0.4, -0.2) is 86.9 Å². The molecule has 1 aliphatic rings. The van der Waals surface area contributed by atoms with E-state index in [0.29, 0.717) is 49.9 Å². The van der Waals surface area contributed by atoms with Crippen molar-refractivity contribution in [2.45, 2.75) is 12.3 Å². The second kappa shape index (κ2) is 11.6. The number of nitrogens with one attached hydrogen (secondary N) is 1. The molecule has 176 valence electrons. The molecule has 0 spiro atoms. The minimum absolute atomic E-state index is 0. The Labute approximate surface area is 205 Å². The Morgan fingerprint density at radius 3 is 2.34 bits per heavy atom. The molecule has 0 unspecified atom stereocenters. The number of hydrogen-bond acceptors (Lipinski definition) is 6. The van der Waals surface area contributed by atoms with E-state index in [-0.39, 0.29) is 35.6 Å². The Balaban J connectivity index is 0.00000363. The molecule has 0 radical (unpaired) electrons. The molecule has 2 aromatic rings. The first-order valence-corrected chi connectivity index (χ1v) is 11.5. The van der Waals surface area contributed by atoms with Crippen molar-refractivity contribution in [3.05, 3.63) is 53.4 Å². The smallest absolute Gasteiger partial charge is 0.253 e. The highest BCUT2D eigenvalue weighted by molar-refractivity contribution is 14.0. The summed E-state index contributed by atoms with van der Waals surface area (Å²) >= 11 is 0. The van der Waals surface area contributed by atoms with Gasteiger partial charge in [0.05, 0.1) is 5.69 Å². The predicted octanol–water partition coefficient (Wildman–Crippen LogP) is 1.22. The van der Waals surface area contributed by atoms with Gasteiger partial charge in [-0.15, -0.1) is 24.0 Å². The number of hydrogen-bond donors (Lipinski definition) is 1. The first kappa shape index (κ1) is 26.1. The van der Waals surface area contributed by atoms with Gasteiger partial charge in [0.1, 0.15) is 12.0 Å². The van der Waals surface area contributed by atoms with Crippen LogP contribution in [0.25, 0.3) is 0 Å². The number of carbonyl (C=O) groups excluding carboxylic acids is 1. The maximum atomic E-state index is 12.6. The van der Waals surface area contributed by atoms with Crippen LogP contribution in [0.2, 0.25) is 0 Å². The zero-order valence-corrected chi connectivity index (χ0v) is 21.5. The van der Waals surface area contributed by atoms with E-state index in [1.807, 2.05) is 17.0 Å². The quantitative estimate of drug-likeness (QED) is 0.313. The number of aliphatic imine (C=N–C) groups is 1. The molecule has 3 rings (SSSR count). The number of aromatic nitrogens is 1. The number of rotatable bonds is 6. The van der Waals surface area contributed by atoms with E-state index in [4.69, 9.17) is 4.52 Å². The molecule has 1 aromatic heterocycles. The van der Waals surface area contributed by atoms with Crippen molar-refractivity contribution >= 4 is 45.9 Å². The van der Waals surface area contributed by atoms with Crippen molar-refractivity contribution in [3.8, 4) is 0 Å². The third kappa shape index (κ3) is 6.65. The molecular formula is C20H29IN6O4S. The van der Waals surface area contributed by atoms with Gasteiger partial charge < -0.3 is 19.6 Å². The van der Waals surface area contributed by atoms with Crippen molar-refractivity contribution in [2.24, 2.45) is 4.99 Å². The predicted molar refractivity (Wildman–Crippen MR) is 132 cm³/mol. The van der Waals surface area contributed by atoms with Gasteiger partial charge in [0, 0.05) is 65.5 Å². The Kier molecular flexibility index (Phi) is 9.46. The van der Waals surface area contributed by atoms with E-state index in [1.165, 1.54) is 10.6 Å². The molecule has 12 heteroatoms. The van der Waals surface area contributed by atoms with Crippen LogP contribution in [0.1, 0.15) is 21.6 Å². The van der Waals surface area contributed by atoms with Crippen LogP contribution < -0.4 is 5.32 Å².